The van der Waals surface area contributed by atoms with Crippen molar-refractivity contribution < 1.29 is 4.79 Å². The topological polar surface area (TPSA) is 46.1 Å². The zero-order valence-corrected chi connectivity index (χ0v) is 14.7. The van der Waals surface area contributed by atoms with Crippen molar-refractivity contribution in [3.05, 3.63) is 72.2 Å². The summed E-state index contributed by atoms with van der Waals surface area (Å²) in [4.78, 5) is 24.8. The Kier molecular flexibility index (Phi) is 4.24. The van der Waals surface area contributed by atoms with Crippen LogP contribution in [0.2, 0.25) is 0 Å². The molecular weight excluding hydrogens is 330 g/mol. The van der Waals surface area contributed by atoms with Crippen LogP contribution >= 0.6 is 11.8 Å². The lowest BCUT2D eigenvalue weighted by Crippen LogP contribution is -2.36. The first-order valence-corrected chi connectivity index (χ1v) is 9.14. The molecule has 0 saturated carbocycles. The maximum atomic E-state index is 13.2. The standard InChI is InChI=1S/C20H17N3OS/c1-14-15(17-7-2-3-9-22-17)5-4-6-16(14)20(24)23-11-12-25-19-8-10-21-13-18(19)23/h2-10,13H,11-12H2,1H3. The van der Waals surface area contributed by atoms with E-state index in [1.165, 1.54) is 0 Å². The van der Waals surface area contributed by atoms with Crippen LogP contribution in [0.25, 0.3) is 11.3 Å². The molecule has 0 bridgehead atoms. The van der Waals surface area contributed by atoms with Crippen molar-refractivity contribution in [3.63, 3.8) is 0 Å². The highest BCUT2D eigenvalue weighted by Gasteiger charge is 2.25. The van der Waals surface area contributed by atoms with Gasteiger partial charge in [0.2, 0.25) is 0 Å². The van der Waals surface area contributed by atoms with Crippen LogP contribution in [0.3, 0.4) is 0 Å². The van der Waals surface area contributed by atoms with E-state index in [0.29, 0.717) is 12.1 Å². The van der Waals surface area contributed by atoms with E-state index in [-0.39, 0.29) is 5.91 Å². The number of rotatable bonds is 2. The second-order valence-electron chi connectivity index (χ2n) is 5.84. The van der Waals surface area contributed by atoms with Crippen molar-refractivity contribution in [1.82, 2.24) is 9.97 Å². The van der Waals surface area contributed by atoms with Gasteiger partial charge in [-0.1, -0.05) is 18.2 Å². The van der Waals surface area contributed by atoms with Gasteiger partial charge < -0.3 is 4.90 Å². The number of carbonyl (C=O) groups is 1. The number of amides is 1. The van der Waals surface area contributed by atoms with Crippen molar-refractivity contribution >= 4 is 23.4 Å². The minimum Gasteiger partial charge on any atom is -0.305 e. The highest BCUT2D eigenvalue weighted by molar-refractivity contribution is 7.99. The summed E-state index contributed by atoms with van der Waals surface area (Å²) in [5, 5.41) is 0. The quantitative estimate of drug-likeness (QED) is 0.697. The third-order valence-electron chi connectivity index (χ3n) is 4.37. The Morgan fingerprint density at radius 3 is 2.88 bits per heavy atom. The van der Waals surface area contributed by atoms with E-state index in [0.717, 1.165) is 33.2 Å². The summed E-state index contributed by atoms with van der Waals surface area (Å²) in [6.45, 7) is 2.68. The van der Waals surface area contributed by atoms with Crippen molar-refractivity contribution in [2.24, 2.45) is 0 Å². The molecule has 25 heavy (non-hydrogen) atoms. The van der Waals surface area contributed by atoms with Crippen LogP contribution in [-0.2, 0) is 0 Å². The third kappa shape index (κ3) is 2.91. The molecule has 0 saturated heterocycles. The van der Waals surface area contributed by atoms with E-state index in [2.05, 4.69) is 9.97 Å². The summed E-state index contributed by atoms with van der Waals surface area (Å²) >= 11 is 1.77. The molecule has 0 aliphatic carbocycles. The van der Waals surface area contributed by atoms with Crippen LogP contribution in [-0.4, -0.2) is 28.2 Å². The molecule has 0 fully saturated rings. The summed E-state index contributed by atoms with van der Waals surface area (Å²) in [6, 6.07) is 13.6. The first-order chi connectivity index (χ1) is 12.3. The number of hydrogen-bond acceptors (Lipinski definition) is 4. The summed E-state index contributed by atoms with van der Waals surface area (Å²) in [5.41, 5.74) is 4.43. The van der Waals surface area contributed by atoms with Crippen LogP contribution in [0.4, 0.5) is 5.69 Å². The van der Waals surface area contributed by atoms with E-state index in [1.807, 2.05) is 54.3 Å². The van der Waals surface area contributed by atoms with Gasteiger partial charge in [0.05, 0.1) is 17.6 Å². The molecule has 0 spiro atoms. The molecule has 4 nitrogen and oxygen atoms in total. The van der Waals surface area contributed by atoms with Crippen LogP contribution in [0.1, 0.15) is 15.9 Å². The van der Waals surface area contributed by atoms with Crippen LogP contribution in [0, 0.1) is 6.92 Å². The Morgan fingerprint density at radius 2 is 2.04 bits per heavy atom. The van der Waals surface area contributed by atoms with Gasteiger partial charge in [0, 0.05) is 40.7 Å². The lowest BCUT2D eigenvalue weighted by atomic mass is 9.98. The second-order valence-corrected chi connectivity index (χ2v) is 6.98. The number of pyridine rings is 2. The number of anilines is 1. The van der Waals surface area contributed by atoms with E-state index < -0.39 is 0 Å². The molecule has 0 atom stereocenters. The number of fused-ring (bicyclic) bond motifs is 1. The van der Waals surface area contributed by atoms with Gasteiger partial charge in [-0.05, 0) is 36.8 Å². The van der Waals surface area contributed by atoms with E-state index in [1.54, 1.807) is 30.4 Å². The second kappa shape index (κ2) is 6.69. The van der Waals surface area contributed by atoms with Gasteiger partial charge in [-0.15, -0.1) is 11.8 Å². The number of nitrogens with zero attached hydrogens (tertiary/aromatic N) is 3. The Hall–Kier alpha value is -2.66. The average Bonchev–Trinajstić information content (AvgIpc) is 2.68. The van der Waals surface area contributed by atoms with Gasteiger partial charge in [-0.3, -0.25) is 14.8 Å². The summed E-state index contributed by atoms with van der Waals surface area (Å²) in [6.07, 6.45) is 5.32. The predicted molar refractivity (Wildman–Crippen MR) is 101 cm³/mol. The molecule has 1 amide bonds. The van der Waals surface area contributed by atoms with Crippen molar-refractivity contribution in [2.75, 3.05) is 17.2 Å². The average molecular weight is 347 g/mol. The molecule has 1 aliphatic rings. The molecule has 1 aromatic carbocycles. The Balaban J connectivity index is 1.75. The SMILES string of the molecule is Cc1c(C(=O)N2CCSc3ccncc32)cccc1-c1ccccn1. The van der Waals surface area contributed by atoms with Crippen LogP contribution in [0.15, 0.2) is 66.0 Å². The minimum atomic E-state index is 0.0184. The van der Waals surface area contributed by atoms with Crippen molar-refractivity contribution in [1.29, 1.82) is 0 Å². The van der Waals surface area contributed by atoms with Gasteiger partial charge in [-0.25, -0.2) is 0 Å². The largest absolute Gasteiger partial charge is 0.305 e. The number of aromatic nitrogens is 2. The number of carbonyl (C=O) groups excluding carboxylic acids is 1. The summed E-state index contributed by atoms with van der Waals surface area (Å²) < 4.78 is 0. The van der Waals surface area contributed by atoms with E-state index >= 15 is 0 Å². The molecule has 0 radical (unpaired) electrons. The fraction of sp³-hybridized carbons (Fsp3) is 0.150. The molecule has 5 heteroatoms. The molecule has 4 rings (SSSR count). The van der Waals surface area contributed by atoms with Crippen molar-refractivity contribution in [2.45, 2.75) is 11.8 Å². The van der Waals surface area contributed by atoms with Gasteiger partial charge in [-0.2, -0.15) is 0 Å². The fourth-order valence-electron chi connectivity index (χ4n) is 3.09. The number of benzene rings is 1. The fourth-order valence-corrected chi connectivity index (χ4v) is 4.05. The highest BCUT2D eigenvalue weighted by atomic mass is 32.2. The highest BCUT2D eigenvalue weighted by Crippen LogP contribution is 2.35. The van der Waals surface area contributed by atoms with Gasteiger partial charge in [0.15, 0.2) is 0 Å². The lowest BCUT2D eigenvalue weighted by Gasteiger charge is -2.29. The molecule has 0 N–H and O–H groups in total. The lowest BCUT2D eigenvalue weighted by molar-refractivity contribution is 0.0987. The van der Waals surface area contributed by atoms with Gasteiger partial charge in [0.1, 0.15) is 0 Å². The smallest absolute Gasteiger partial charge is 0.258 e. The number of thioether (sulfide) groups is 1. The Labute approximate surface area is 150 Å². The predicted octanol–water partition coefficient (Wildman–Crippen LogP) is 4.20. The molecule has 124 valence electrons. The van der Waals surface area contributed by atoms with Crippen molar-refractivity contribution in [3.8, 4) is 11.3 Å². The molecular formula is C20H17N3OS. The first-order valence-electron chi connectivity index (χ1n) is 8.15. The zero-order valence-electron chi connectivity index (χ0n) is 13.8. The Bertz CT molecular complexity index is 927. The van der Waals surface area contributed by atoms with Crippen LogP contribution in [0.5, 0.6) is 0 Å². The zero-order chi connectivity index (χ0) is 17.2. The Morgan fingerprint density at radius 1 is 1.12 bits per heavy atom. The molecule has 1 aliphatic heterocycles. The number of hydrogen-bond donors (Lipinski definition) is 0. The minimum absolute atomic E-state index is 0.0184. The molecule has 2 aromatic heterocycles. The summed E-state index contributed by atoms with van der Waals surface area (Å²) in [5.74, 6) is 0.909. The first kappa shape index (κ1) is 15.8. The monoisotopic (exact) mass is 347 g/mol. The molecule has 3 aromatic rings. The van der Waals surface area contributed by atoms with E-state index in [4.69, 9.17) is 0 Å². The summed E-state index contributed by atoms with van der Waals surface area (Å²) in [7, 11) is 0. The molecule has 3 heterocycles. The van der Waals surface area contributed by atoms with Crippen LogP contribution < -0.4 is 4.90 Å². The maximum Gasteiger partial charge on any atom is 0.258 e. The van der Waals surface area contributed by atoms with E-state index in [9.17, 15) is 4.79 Å². The molecule has 0 unspecified atom stereocenters. The third-order valence-corrected chi connectivity index (χ3v) is 5.42. The maximum absolute atomic E-state index is 13.2. The van der Waals surface area contributed by atoms with Gasteiger partial charge >= 0.3 is 0 Å². The van der Waals surface area contributed by atoms with Gasteiger partial charge in [0.25, 0.3) is 5.91 Å². The normalized spacial score (nSPS) is 13.4.